The monoisotopic (exact) mass is 391 g/mol. The van der Waals surface area contributed by atoms with Crippen molar-refractivity contribution in [1.29, 1.82) is 0 Å². The number of aromatic amines is 2. The smallest absolute Gasteiger partial charge is 0.255 e. The second-order valence-electron chi connectivity index (χ2n) is 7.10. The molecule has 0 bridgehead atoms. The van der Waals surface area contributed by atoms with Crippen LogP contribution in [0, 0.1) is 6.92 Å². The van der Waals surface area contributed by atoms with Gasteiger partial charge in [-0.2, -0.15) is 0 Å². The highest BCUT2D eigenvalue weighted by atomic mass is 32.2. The van der Waals surface area contributed by atoms with Crippen LogP contribution in [0.5, 0.6) is 0 Å². The molecule has 27 heavy (non-hydrogen) atoms. The third kappa shape index (κ3) is 3.42. The van der Waals surface area contributed by atoms with Gasteiger partial charge in [-0.05, 0) is 13.0 Å². The summed E-state index contributed by atoms with van der Waals surface area (Å²) in [5.74, 6) is -0.256. The number of H-pyrrole nitrogens is 2. The highest BCUT2D eigenvalue weighted by molar-refractivity contribution is 7.91. The van der Waals surface area contributed by atoms with E-state index in [-0.39, 0.29) is 29.0 Å². The van der Waals surface area contributed by atoms with E-state index in [9.17, 15) is 18.0 Å². The molecule has 2 aliphatic rings. The van der Waals surface area contributed by atoms with Crippen LogP contribution in [0.3, 0.4) is 0 Å². The van der Waals surface area contributed by atoms with Crippen molar-refractivity contribution in [3.05, 3.63) is 52.0 Å². The first kappa shape index (κ1) is 17.9. The summed E-state index contributed by atoms with van der Waals surface area (Å²) in [5.41, 5.74) is 1.92. The number of imidazole rings is 1. The zero-order chi connectivity index (χ0) is 19.2. The van der Waals surface area contributed by atoms with Gasteiger partial charge in [-0.1, -0.05) is 0 Å². The van der Waals surface area contributed by atoms with Crippen LogP contribution in [0.4, 0.5) is 0 Å². The van der Waals surface area contributed by atoms with Gasteiger partial charge in [0.05, 0.1) is 35.1 Å². The Bertz CT molecular complexity index is 1010. The molecule has 2 N–H and O–H groups in total. The molecule has 4 heterocycles. The van der Waals surface area contributed by atoms with Crippen molar-refractivity contribution in [2.24, 2.45) is 0 Å². The van der Waals surface area contributed by atoms with E-state index in [0.717, 1.165) is 11.4 Å². The first-order valence-electron chi connectivity index (χ1n) is 8.77. The zero-order valence-corrected chi connectivity index (χ0v) is 15.7. The average molecular weight is 391 g/mol. The molecular weight excluding hydrogens is 370 g/mol. The largest absolute Gasteiger partial charge is 0.348 e. The van der Waals surface area contributed by atoms with Gasteiger partial charge in [0.15, 0.2) is 9.84 Å². The van der Waals surface area contributed by atoms with Crippen LogP contribution in [-0.4, -0.2) is 75.8 Å². The molecule has 2 aromatic heterocycles. The number of nitrogens with zero attached hydrogens (tertiary/aromatic N) is 3. The fourth-order valence-electron chi connectivity index (χ4n) is 3.92. The summed E-state index contributed by atoms with van der Waals surface area (Å²) in [5, 5.41) is 0. The number of carbonyl (C=O) groups is 1. The lowest BCUT2D eigenvalue weighted by atomic mass is 10.0. The first-order valence-corrected chi connectivity index (χ1v) is 10.6. The summed E-state index contributed by atoms with van der Waals surface area (Å²) in [6.07, 6.45) is 3.01. The van der Waals surface area contributed by atoms with Crippen molar-refractivity contribution in [2.45, 2.75) is 25.6 Å². The topological polar surface area (TPSA) is 119 Å². The van der Waals surface area contributed by atoms with Gasteiger partial charge in [0.2, 0.25) is 5.56 Å². The number of aromatic nitrogens is 3. The Kier molecular flexibility index (Phi) is 4.39. The number of piperazine rings is 1. The Morgan fingerprint density at radius 3 is 2.67 bits per heavy atom. The van der Waals surface area contributed by atoms with E-state index in [1.165, 1.54) is 18.3 Å². The van der Waals surface area contributed by atoms with Gasteiger partial charge < -0.3 is 14.9 Å². The standard InChI is InChI=1S/C17H21N5O4S/c1-11-13(20-10-19-11)7-21-4-5-22(15-9-27(25,26)8-14(15)21)17(24)12-2-3-16(23)18-6-12/h2-3,6,10,14-15H,4-5,7-9H2,1H3,(H,18,23)(H,19,20)/t14-,15+/m0/s1. The van der Waals surface area contributed by atoms with Gasteiger partial charge in [0.25, 0.3) is 5.91 Å². The predicted octanol–water partition coefficient (Wildman–Crippen LogP) is -0.470. The molecule has 0 radical (unpaired) electrons. The van der Waals surface area contributed by atoms with Crippen molar-refractivity contribution in [1.82, 2.24) is 24.8 Å². The van der Waals surface area contributed by atoms with E-state index in [4.69, 9.17) is 0 Å². The molecule has 4 rings (SSSR count). The lowest BCUT2D eigenvalue weighted by molar-refractivity contribution is 0.0301. The van der Waals surface area contributed by atoms with E-state index in [2.05, 4.69) is 19.9 Å². The minimum Gasteiger partial charge on any atom is -0.348 e. The summed E-state index contributed by atoms with van der Waals surface area (Å²) in [6.45, 7) is 3.48. The minimum atomic E-state index is -3.23. The number of pyridine rings is 1. The Morgan fingerprint density at radius 2 is 2.00 bits per heavy atom. The molecule has 10 heteroatoms. The van der Waals surface area contributed by atoms with Crippen LogP contribution >= 0.6 is 0 Å². The number of aryl methyl sites for hydroxylation is 1. The number of amides is 1. The lowest BCUT2D eigenvalue weighted by Crippen LogP contribution is -2.60. The van der Waals surface area contributed by atoms with Crippen molar-refractivity contribution in [3.63, 3.8) is 0 Å². The molecule has 0 spiro atoms. The maximum absolute atomic E-state index is 12.9. The molecule has 2 aliphatic heterocycles. The van der Waals surface area contributed by atoms with Crippen LogP contribution in [0.2, 0.25) is 0 Å². The molecule has 144 valence electrons. The number of nitrogens with one attached hydrogen (secondary N) is 2. The van der Waals surface area contributed by atoms with Crippen molar-refractivity contribution in [3.8, 4) is 0 Å². The molecule has 0 unspecified atom stereocenters. The molecule has 2 aromatic rings. The summed E-state index contributed by atoms with van der Waals surface area (Å²) in [4.78, 5) is 37.7. The fraction of sp³-hybridized carbons (Fsp3) is 0.471. The van der Waals surface area contributed by atoms with Crippen LogP contribution < -0.4 is 5.56 Å². The van der Waals surface area contributed by atoms with E-state index in [1.807, 2.05) is 6.92 Å². The van der Waals surface area contributed by atoms with Crippen LogP contribution in [0.25, 0.3) is 0 Å². The van der Waals surface area contributed by atoms with Crippen LogP contribution in [-0.2, 0) is 16.4 Å². The molecule has 1 amide bonds. The Morgan fingerprint density at radius 1 is 1.22 bits per heavy atom. The number of carbonyl (C=O) groups excluding carboxylic acids is 1. The Hall–Kier alpha value is -2.46. The van der Waals surface area contributed by atoms with E-state index < -0.39 is 15.9 Å². The van der Waals surface area contributed by atoms with E-state index >= 15 is 0 Å². The van der Waals surface area contributed by atoms with E-state index in [1.54, 1.807) is 11.2 Å². The molecule has 0 saturated carbocycles. The molecule has 2 saturated heterocycles. The average Bonchev–Trinajstić information content (AvgIpc) is 3.17. The molecular formula is C17H21N5O4S. The molecule has 2 fully saturated rings. The van der Waals surface area contributed by atoms with Gasteiger partial charge in [-0.3, -0.25) is 14.5 Å². The molecule has 0 aliphatic carbocycles. The van der Waals surface area contributed by atoms with Crippen molar-refractivity contribution < 1.29 is 13.2 Å². The van der Waals surface area contributed by atoms with Gasteiger partial charge in [-0.25, -0.2) is 13.4 Å². The quantitative estimate of drug-likeness (QED) is 0.730. The van der Waals surface area contributed by atoms with Crippen LogP contribution in [0.15, 0.2) is 29.5 Å². The Balaban J connectivity index is 1.60. The molecule has 0 aromatic carbocycles. The van der Waals surface area contributed by atoms with Crippen LogP contribution in [0.1, 0.15) is 21.7 Å². The number of rotatable bonds is 3. The normalized spacial score (nSPS) is 24.7. The number of sulfone groups is 1. The highest BCUT2D eigenvalue weighted by Crippen LogP contribution is 2.29. The van der Waals surface area contributed by atoms with Gasteiger partial charge in [0.1, 0.15) is 0 Å². The summed E-state index contributed by atoms with van der Waals surface area (Å²) < 4.78 is 24.7. The van der Waals surface area contributed by atoms with Crippen molar-refractivity contribution in [2.75, 3.05) is 24.6 Å². The summed E-state index contributed by atoms with van der Waals surface area (Å²) in [6, 6.07) is 2.11. The maximum atomic E-state index is 12.9. The zero-order valence-electron chi connectivity index (χ0n) is 14.9. The number of hydrogen-bond acceptors (Lipinski definition) is 6. The van der Waals surface area contributed by atoms with E-state index in [0.29, 0.717) is 25.2 Å². The SMILES string of the molecule is Cc1[nH]cnc1CN1CCN(C(=O)c2ccc(=O)[nH]c2)[C@@H]2CS(=O)(=O)C[C@@H]21. The third-order valence-electron chi connectivity index (χ3n) is 5.37. The predicted molar refractivity (Wildman–Crippen MR) is 98.1 cm³/mol. The number of fused-ring (bicyclic) bond motifs is 1. The van der Waals surface area contributed by atoms with Crippen molar-refractivity contribution >= 4 is 15.7 Å². The van der Waals surface area contributed by atoms with Gasteiger partial charge >= 0.3 is 0 Å². The highest BCUT2D eigenvalue weighted by Gasteiger charge is 2.48. The first-order chi connectivity index (χ1) is 12.8. The molecule has 9 nitrogen and oxygen atoms in total. The summed E-state index contributed by atoms with van der Waals surface area (Å²) in [7, 11) is -3.23. The number of hydrogen-bond donors (Lipinski definition) is 2. The fourth-order valence-corrected chi connectivity index (χ4v) is 5.93. The minimum absolute atomic E-state index is 0.0382. The molecule has 2 atom stereocenters. The second-order valence-corrected chi connectivity index (χ2v) is 9.25. The Labute approximate surface area is 156 Å². The second kappa shape index (κ2) is 6.61. The maximum Gasteiger partial charge on any atom is 0.255 e. The third-order valence-corrected chi connectivity index (χ3v) is 7.07. The lowest BCUT2D eigenvalue weighted by Gasteiger charge is -2.43. The van der Waals surface area contributed by atoms with Gasteiger partial charge in [0, 0.05) is 43.6 Å². The van der Waals surface area contributed by atoms with Gasteiger partial charge in [-0.15, -0.1) is 0 Å². The summed E-state index contributed by atoms with van der Waals surface area (Å²) >= 11 is 0.